The fourth-order valence-corrected chi connectivity index (χ4v) is 3.45. The van der Waals surface area contributed by atoms with Gasteiger partial charge < -0.3 is 19.9 Å². The van der Waals surface area contributed by atoms with E-state index in [1.807, 2.05) is 0 Å². The molecule has 0 saturated carbocycles. The van der Waals surface area contributed by atoms with Gasteiger partial charge in [0.1, 0.15) is 9.88 Å². The van der Waals surface area contributed by atoms with Gasteiger partial charge in [0.05, 0.1) is 31.0 Å². The number of hydrogen-bond donors (Lipinski definition) is 2. The lowest BCUT2D eigenvalue weighted by Gasteiger charge is -2.06. The Morgan fingerprint density at radius 1 is 1.29 bits per heavy atom. The molecule has 0 aliphatic carbocycles. The highest BCUT2D eigenvalue weighted by Gasteiger charge is 2.27. The highest BCUT2D eigenvalue weighted by atomic mass is 32.1. The van der Waals surface area contributed by atoms with E-state index < -0.39 is 23.8 Å². The molecule has 0 bridgehead atoms. The van der Waals surface area contributed by atoms with Crippen molar-refractivity contribution in [3.05, 3.63) is 34.0 Å². The van der Waals surface area contributed by atoms with Crippen molar-refractivity contribution < 1.29 is 33.8 Å². The molecule has 0 saturated heterocycles. The first-order valence-electron chi connectivity index (χ1n) is 8.22. The molecule has 2 N–H and O–H groups in total. The van der Waals surface area contributed by atoms with E-state index in [0.29, 0.717) is 5.56 Å². The van der Waals surface area contributed by atoms with E-state index in [0.717, 1.165) is 11.3 Å². The Kier molecular flexibility index (Phi) is 6.88. The van der Waals surface area contributed by atoms with Crippen LogP contribution in [0.25, 0.3) is 0 Å². The van der Waals surface area contributed by atoms with E-state index in [2.05, 4.69) is 10.4 Å². The molecule has 0 radical (unpaired) electrons. The van der Waals surface area contributed by atoms with Crippen molar-refractivity contribution in [1.82, 2.24) is 9.78 Å². The number of amides is 1. The van der Waals surface area contributed by atoms with Gasteiger partial charge >= 0.3 is 17.9 Å². The molecule has 0 aliphatic heterocycles. The summed E-state index contributed by atoms with van der Waals surface area (Å²) in [7, 11) is 1.20. The lowest BCUT2D eigenvalue weighted by atomic mass is 10.1. The minimum atomic E-state index is -1.11. The molecule has 0 spiro atoms. The first-order chi connectivity index (χ1) is 13.3. The second-order valence-electron chi connectivity index (χ2n) is 5.57. The zero-order valence-corrected chi connectivity index (χ0v) is 16.3. The summed E-state index contributed by atoms with van der Waals surface area (Å²) in [5.41, 5.74) is 0.473. The molecular formula is C17H19N3O7S. The Hall–Kier alpha value is -3.21. The third-order valence-corrected chi connectivity index (χ3v) is 4.89. The molecular weight excluding hydrogens is 390 g/mol. The van der Waals surface area contributed by atoms with Gasteiger partial charge in [-0.15, -0.1) is 11.3 Å². The Labute approximate surface area is 164 Å². The normalized spacial score (nSPS) is 10.4. The second kappa shape index (κ2) is 9.13. The average Bonchev–Trinajstić information content (AvgIpc) is 3.24. The summed E-state index contributed by atoms with van der Waals surface area (Å²) in [6.45, 7) is 3.55. The standard InChI is InChI=1S/C17H19N3O7S/c1-4-27-17(25)13-9(2)12(16(24)26-3)14(28-13)19-11(21)5-6-20-8-10(7-18-20)15(22)23/h7-8H,4-6H2,1-3H3,(H,19,21)(H,22,23). The van der Waals surface area contributed by atoms with Crippen molar-refractivity contribution in [1.29, 1.82) is 0 Å². The van der Waals surface area contributed by atoms with Crippen LogP contribution in [0.1, 0.15) is 49.3 Å². The van der Waals surface area contributed by atoms with Crippen LogP contribution in [0, 0.1) is 6.92 Å². The minimum Gasteiger partial charge on any atom is -0.478 e. The monoisotopic (exact) mass is 409 g/mol. The van der Waals surface area contributed by atoms with Crippen molar-refractivity contribution in [3.63, 3.8) is 0 Å². The lowest BCUT2D eigenvalue weighted by Crippen LogP contribution is -2.16. The summed E-state index contributed by atoms with van der Waals surface area (Å²) >= 11 is 0.928. The van der Waals surface area contributed by atoms with Gasteiger partial charge in [-0.05, 0) is 19.4 Å². The molecule has 150 valence electrons. The van der Waals surface area contributed by atoms with Gasteiger partial charge in [-0.2, -0.15) is 5.10 Å². The second-order valence-corrected chi connectivity index (χ2v) is 6.59. The van der Waals surface area contributed by atoms with Gasteiger partial charge in [0.2, 0.25) is 5.91 Å². The highest BCUT2D eigenvalue weighted by Crippen LogP contribution is 2.34. The topological polar surface area (TPSA) is 137 Å². The molecule has 2 heterocycles. The van der Waals surface area contributed by atoms with E-state index in [4.69, 9.17) is 14.6 Å². The molecule has 2 aromatic heterocycles. The predicted octanol–water partition coefficient (Wildman–Crippen LogP) is 1.94. The number of methoxy groups -OCH3 is 1. The molecule has 0 unspecified atom stereocenters. The number of nitrogens with zero attached hydrogens (tertiary/aromatic N) is 2. The number of aryl methyl sites for hydroxylation is 1. The fraction of sp³-hybridized carbons (Fsp3) is 0.353. The third kappa shape index (κ3) is 4.74. The molecule has 10 nitrogen and oxygen atoms in total. The van der Waals surface area contributed by atoms with Gasteiger partial charge in [0, 0.05) is 19.2 Å². The summed E-state index contributed by atoms with van der Waals surface area (Å²) in [5.74, 6) is -2.82. The maximum absolute atomic E-state index is 12.3. The summed E-state index contributed by atoms with van der Waals surface area (Å²) in [6.07, 6.45) is 2.47. The number of carbonyl (C=O) groups excluding carboxylic acids is 3. The Morgan fingerprint density at radius 3 is 2.57 bits per heavy atom. The van der Waals surface area contributed by atoms with Crippen molar-refractivity contribution in [2.24, 2.45) is 0 Å². The van der Waals surface area contributed by atoms with Gasteiger partial charge in [-0.25, -0.2) is 14.4 Å². The van der Waals surface area contributed by atoms with Gasteiger partial charge in [0.25, 0.3) is 0 Å². The lowest BCUT2D eigenvalue weighted by molar-refractivity contribution is -0.116. The molecule has 1 amide bonds. The van der Waals surface area contributed by atoms with Crippen LogP contribution in [0.5, 0.6) is 0 Å². The molecule has 0 aromatic carbocycles. The molecule has 2 aromatic rings. The van der Waals surface area contributed by atoms with Crippen molar-refractivity contribution in [3.8, 4) is 0 Å². The van der Waals surface area contributed by atoms with Crippen LogP contribution in [0.15, 0.2) is 12.4 Å². The first-order valence-corrected chi connectivity index (χ1v) is 9.04. The highest BCUT2D eigenvalue weighted by molar-refractivity contribution is 7.18. The maximum Gasteiger partial charge on any atom is 0.348 e. The van der Waals surface area contributed by atoms with Gasteiger partial charge in [-0.3, -0.25) is 9.48 Å². The number of thiophene rings is 1. The van der Waals surface area contributed by atoms with Crippen LogP contribution >= 0.6 is 11.3 Å². The van der Waals surface area contributed by atoms with E-state index in [1.165, 1.54) is 24.2 Å². The summed E-state index contributed by atoms with van der Waals surface area (Å²) in [4.78, 5) is 47.5. The number of nitrogens with one attached hydrogen (secondary N) is 1. The van der Waals surface area contributed by atoms with E-state index in [1.54, 1.807) is 13.8 Å². The van der Waals surface area contributed by atoms with Gasteiger partial charge in [0.15, 0.2) is 0 Å². The largest absolute Gasteiger partial charge is 0.478 e. The minimum absolute atomic E-state index is 0.0151. The van der Waals surface area contributed by atoms with Crippen molar-refractivity contribution in [2.75, 3.05) is 19.0 Å². The number of aromatic nitrogens is 2. The first kappa shape index (κ1) is 21.1. The number of anilines is 1. The number of carbonyl (C=O) groups is 4. The zero-order chi connectivity index (χ0) is 20.8. The van der Waals surface area contributed by atoms with Crippen molar-refractivity contribution >= 4 is 40.2 Å². The van der Waals surface area contributed by atoms with E-state index in [9.17, 15) is 19.2 Å². The van der Waals surface area contributed by atoms with Gasteiger partial charge in [-0.1, -0.05) is 0 Å². The Morgan fingerprint density at radius 2 is 2.00 bits per heavy atom. The van der Waals surface area contributed by atoms with Crippen LogP contribution in [0.3, 0.4) is 0 Å². The molecule has 2 rings (SSSR count). The molecule has 11 heteroatoms. The maximum atomic E-state index is 12.3. The Bertz CT molecular complexity index is 916. The van der Waals surface area contributed by atoms with Crippen LogP contribution in [0.4, 0.5) is 5.00 Å². The van der Waals surface area contributed by atoms with Crippen molar-refractivity contribution in [2.45, 2.75) is 26.8 Å². The number of rotatable bonds is 8. The number of hydrogen-bond acceptors (Lipinski definition) is 8. The molecule has 0 atom stereocenters. The van der Waals surface area contributed by atoms with Crippen LogP contribution in [0.2, 0.25) is 0 Å². The molecule has 28 heavy (non-hydrogen) atoms. The number of carboxylic acids is 1. The number of esters is 2. The molecule has 0 fully saturated rings. The summed E-state index contributed by atoms with van der Waals surface area (Å²) in [6, 6.07) is 0. The average molecular weight is 409 g/mol. The smallest absolute Gasteiger partial charge is 0.348 e. The third-order valence-electron chi connectivity index (χ3n) is 3.70. The SMILES string of the molecule is CCOC(=O)c1sc(NC(=O)CCn2cc(C(=O)O)cn2)c(C(=O)OC)c1C. The van der Waals surface area contributed by atoms with Crippen LogP contribution < -0.4 is 5.32 Å². The quantitative estimate of drug-likeness (QED) is 0.631. The predicted molar refractivity (Wildman–Crippen MR) is 98.8 cm³/mol. The number of ether oxygens (including phenoxy) is 2. The number of carboxylic acid groups (broad SMARTS) is 1. The zero-order valence-electron chi connectivity index (χ0n) is 15.5. The van der Waals surface area contributed by atoms with Crippen LogP contribution in [-0.2, 0) is 20.8 Å². The summed E-state index contributed by atoms with van der Waals surface area (Å²) < 4.78 is 11.0. The van der Waals surface area contributed by atoms with E-state index >= 15 is 0 Å². The number of aromatic carboxylic acids is 1. The Balaban J connectivity index is 2.15. The molecule has 0 aliphatic rings. The summed E-state index contributed by atoms with van der Waals surface area (Å²) in [5, 5.41) is 15.5. The van der Waals surface area contributed by atoms with E-state index in [-0.39, 0.29) is 40.6 Å². The van der Waals surface area contributed by atoms with Crippen LogP contribution in [-0.4, -0.2) is 52.4 Å². The fourth-order valence-electron chi connectivity index (χ4n) is 2.34.